The van der Waals surface area contributed by atoms with E-state index in [1.165, 1.54) is 45.2 Å². The molecule has 2 rings (SSSR count). The molecule has 2 fully saturated rings. The van der Waals surface area contributed by atoms with Crippen LogP contribution in [0, 0.1) is 0 Å². The topological polar surface area (TPSA) is 15.3 Å². The largest absolute Gasteiger partial charge is 0.313 e. The fourth-order valence-electron chi connectivity index (χ4n) is 2.94. The molecule has 14 heavy (non-hydrogen) atoms. The van der Waals surface area contributed by atoms with Gasteiger partial charge in [-0.2, -0.15) is 0 Å². The second kappa shape index (κ2) is 4.63. The molecule has 0 amide bonds. The smallest absolute Gasteiger partial charge is 0.0195 e. The lowest BCUT2D eigenvalue weighted by Gasteiger charge is -2.33. The second-order valence-electron chi connectivity index (χ2n) is 5.12. The molecule has 2 heterocycles. The van der Waals surface area contributed by atoms with Crippen LogP contribution in [0.1, 0.15) is 46.0 Å². The van der Waals surface area contributed by atoms with Crippen molar-refractivity contribution < 1.29 is 0 Å². The summed E-state index contributed by atoms with van der Waals surface area (Å²) in [6, 6.07) is 2.40. The molecule has 0 aromatic rings. The summed E-state index contributed by atoms with van der Waals surface area (Å²) in [6.45, 7) is 7.28. The Balaban J connectivity index is 1.82. The van der Waals surface area contributed by atoms with Crippen LogP contribution in [0.2, 0.25) is 0 Å². The number of hydrogen-bond donors (Lipinski definition) is 1. The fraction of sp³-hybridized carbons (Fsp3) is 1.00. The van der Waals surface area contributed by atoms with Crippen molar-refractivity contribution in [1.82, 2.24) is 10.2 Å². The maximum Gasteiger partial charge on any atom is 0.0195 e. The van der Waals surface area contributed by atoms with E-state index in [2.05, 4.69) is 24.1 Å². The predicted molar refractivity (Wildman–Crippen MR) is 60.5 cm³/mol. The van der Waals surface area contributed by atoms with Gasteiger partial charge in [-0.1, -0.05) is 6.42 Å². The van der Waals surface area contributed by atoms with E-state index in [1.54, 1.807) is 0 Å². The van der Waals surface area contributed by atoms with Crippen LogP contribution in [0.15, 0.2) is 0 Å². The Bertz CT molecular complexity index is 165. The average Bonchev–Trinajstić information content (AvgIpc) is 2.51. The van der Waals surface area contributed by atoms with E-state index in [0.29, 0.717) is 0 Å². The maximum atomic E-state index is 3.65. The van der Waals surface area contributed by atoms with Crippen molar-refractivity contribution in [2.75, 3.05) is 13.1 Å². The van der Waals surface area contributed by atoms with Gasteiger partial charge in [-0.15, -0.1) is 0 Å². The van der Waals surface area contributed by atoms with Crippen molar-refractivity contribution in [2.45, 2.75) is 64.1 Å². The lowest BCUT2D eigenvalue weighted by atomic mass is 10.0. The van der Waals surface area contributed by atoms with E-state index in [-0.39, 0.29) is 0 Å². The molecule has 0 spiro atoms. The van der Waals surface area contributed by atoms with Crippen LogP contribution in [-0.4, -0.2) is 36.1 Å². The van der Waals surface area contributed by atoms with E-state index in [4.69, 9.17) is 0 Å². The summed E-state index contributed by atoms with van der Waals surface area (Å²) in [5.41, 5.74) is 0. The van der Waals surface area contributed by atoms with Gasteiger partial charge >= 0.3 is 0 Å². The molecule has 0 aromatic carbocycles. The average molecular weight is 196 g/mol. The number of piperidine rings is 1. The van der Waals surface area contributed by atoms with Crippen molar-refractivity contribution in [2.24, 2.45) is 0 Å². The molecule has 0 radical (unpaired) electrons. The first kappa shape index (κ1) is 10.4. The molecule has 0 saturated carbocycles. The highest BCUT2D eigenvalue weighted by atomic mass is 15.2. The van der Waals surface area contributed by atoms with Crippen LogP contribution in [0.3, 0.4) is 0 Å². The highest BCUT2D eigenvalue weighted by Crippen LogP contribution is 2.24. The summed E-state index contributed by atoms with van der Waals surface area (Å²) in [5, 5.41) is 3.65. The third-order valence-electron chi connectivity index (χ3n) is 3.98. The zero-order valence-electron chi connectivity index (χ0n) is 9.63. The molecule has 0 aromatic heterocycles. The molecule has 0 bridgehead atoms. The first-order valence-corrected chi connectivity index (χ1v) is 6.26. The minimum Gasteiger partial charge on any atom is -0.313 e. The molecule has 0 aliphatic carbocycles. The standard InChI is InChI=1S/C12H24N2/c1-10-6-7-11(2)14(10)9-12-5-3-4-8-13-12/h10-13H,3-9H2,1-2H3/t10-,11+,12?. The SMILES string of the molecule is C[C@@H]1CC[C@H](C)N1CC1CCCCN1. The molecule has 3 atom stereocenters. The quantitative estimate of drug-likeness (QED) is 0.726. The van der Waals surface area contributed by atoms with Crippen molar-refractivity contribution in [3.63, 3.8) is 0 Å². The number of hydrogen-bond acceptors (Lipinski definition) is 2. The number of rotatable bonds is 2. The third-order valence-corrected chi connectivity index (χ3v) is 3.98. The third kappa shape index (κ3) is 2.29. The summed E-state index contributed by atoms with van der Waals surface area (Å²) in [4.78, 5) is 2.70. The Kier molecular flexibility index (Phi) is 3.45. The van der Waals surface area contributed by atoms with Gasteiger partial charge in [-0.05, 0) is 46.1 Å². The van der Waals surface area contributed by atoms with Crippen LogP contribution < -0.4 is 5.32 Å². The van der Waals surface area contributed by atoms with Gasteiger partial charge in [0, 0.05) is 24.7 Å². The molecule has 1 N–H and O–H groups in total. The number of likely N-dealkylation sites (tertiary alicyclic amines) is 1. The Morgan fingerprint density at radius 1 is 1.07 bits per heavy atom. The van der Waals surface area contributed by atoms with E-state index in [9.17, 15) is 0 Å². The van der Waals surface area contributed by atoms with Crippen molar-refractivity contribution in [3.05, 3.63) is 0 Å². The van der Waals surface area contributed by atoms with Gasteiger partial charge in [0.05, 0.1) is 0 Å². The molecule has 2 saturated heterocycles. The molecule has 82 valence electrons. The van der Waals surface area contributed by atoms with E-state index in [1.807, 2.05) is 0 Å². The first-order chi connectivity index (χ1) is 6.77. The lowest BCUT2D eigenvalue weighted by molar-refractivity contribution is 0.178. The Hall–Kier alpha value is -0.0800. The Morgan fingerprint density at radius 2 is 1.79 bits per heavy atom. The Labute approximate surface area is 88.1 Å². The van der Waals surface area contributed by atoms with Crippen molar-refractivity contribution in [3.8, 4) is 0 Å². The predicted octanol–water partition coefficient (Wildman–Crippen LogP) is 2.00. The Morgan fingerprint density at radius 3 is 2.36 bits per heavy atom. The monoisotopic (exact) mass is 196 g/mol. The summed E-state index contributed by atoms with van der Waals surface area (Å²) in [7, 11) is 0. The van der Waals surface area contributed by atoms with E-state index < -0.39 is 0 Å². The maximum absolute atomic E-state index is 3.65. The van der Waals surface area contributed by atoms with Crippen LogP contribution in [0.4, 0.5) is 0 Å². The zero-order chi connectivity index (χ0) is 9.97. The summed E-state index contributed by atoms with van der Waals surface area (Å²) in [5.74, 6) is 0. The van der Waals surface area contributed by atoms with Crippen molar-refractivity contribution >= 4 is 0 Å². The van der Waals surface area contributed by atoms with Gasteiger partial charge < -0.3 is 5.32 Å². The molecule has 2 nitrogen and oxygen atoms in total. The fourth-order valence-corrected chi connectivity index (χ4v) is 2.94. The molecular weight excluding hydrogens is 172 g/mol. The number of nitrogens with zero attached hydrogens (tertiary/aromatic N) is 1. The summed E-state index contributed by atoms with van der Waals surface area (Å²) in [6.07, 6.45) is 6.98. The summed E-state index contributed by atoms with van der Waals surface area (Å²) < 4.78 is 0. The lowest BCUT2D eigenvalue weighted by Crippen LogP contribution is -2.46. The molecular formula is C12H24N2. The van der Waals surface area contributed by atoms with Gasteiger partial charge in [0.25, 0.3) is 0 Å². The number of nitrogens with one attached hydrogen (secondary N) is 1. The van der Waals surface area contributed by atoms with Crippen LogP contribution in [0.25, 0.3) is 0 Å². The van der Waals surface area contributed by atoms with Gasteiger partial charge in [0.15, 0.2) is 0 Å². The minimum absolute atomic E-state index is 0.770. The highest BCUT2D eigenvalue weighted by Gasteiger charge is 2.29. The zero-order valence-corrected chi connectivity index (χ0v) is 9.63. The van der Waals surface area contributed by atoms with Crippen LogP contribution in [-0.2, 0) is 0 Å². The van der Waals surface area contributed by atoms with Crippen LogP contribution in [0.5, 0.6) is 0 Å². The summed E-state index contributed by atoms with van der Waals surface area (Å²) >= 11 is 0. The van der Waals surface area contributed by atoms with Gasteiger partial charge in [-0.3, -0.25) is 4.90 Å². The second-order valence-corrected chi connectivity index (χ2v) is 5.12. The van der Waals surface area contributed by atoms with E-state index >= 15 is 0 Å². The van der Waals surface area contributed by atoms with Gasteiger partial charge in [-0.25, -0.2) is 0 Å². The minimum atomic E-state index is 0.770. The molecule has 2 aliphatic heterocycles. The van der Waals surface area contributed by atoms with Gasteiger partial charge in [0.1, 0.15) is 0 Å². The van der Waals surface area contributed by atoms with Crippen LogP contribution >= 0.6 is 0 Å². The molecule has 2 aliphatic rings. The van der Waals surface area contributed by atoms with Crippen molar-refractivity contribution in [1.29, 1.82) is 0 Å². The first-order valence-electron chi connectivity index (χ1n) is 6.26. The normalized spacial score (nSPS) is 40.3. The molecule has 1 unspecified atom stereocenters. The van der Waals surface area contributed by atoms with Gasteiger partial charge in [0.2, 0.25) is 0 Å². The highest BCUT2D eigenvalue weighted by molar-refractivity contribution is 4.86. The van der Waals surface area contributed by atoms with E-state index in [0.717, 1.165) is 18.1 Å². The molecule has 2 heteroatoms.